The molecule has 1 spiro atoms. The maximum atomic E-state index is 14.2. The predicted molar refractivity (Wildman–Crippen MR) is 131 cm³/mol. The SMILES string of the molecule is C=C(C)CCC1(O)C2CC3(OCc4ccccc4)OC1(/C=C/C)C14OC(C)(C)OC21C(=O)C(O)C34C. The van der Waals surface area contributed by atoms with Crippen LogP contribution in [0.3, 0.4) is 0 Å². The van der Waals surface area contributed by atoms with Gasteiger partial charge >= 0.3 is 0 Å². The third-order valence-corrected chi connectivity index (χ3v) is 9.69. The van der Waals surface area contributed by atoms with Crippen LogP contribution in [0.1, 0.15) is 59.4 Å². The molecule has 1 aromatic rings. The maximum absolute atomic E-state index is 14.2. The average molecular weight is 497 g/mol. The Morgan fingerprint density at radius 2 is 1.89 bits per heavy atom. The number of hydrogen-bond acceptors (Lipinski definition) is 7. The second kappa shape index (κ2) is 6.95. The molecule has 7 heteroatoms. The Kier molecular flexibility index (Phi) is 4.73. The maximum Gasteiger partial charge on any atom is 0.197 e. The molecule has 3 aliphatic carbocycles. The van der Waals surface area contributed by atoms with E-state index in [1.807, 2.05) is 50.3 Å². The minimum Gasteiger partial charge on any atom is -0.386 e. The summed E-state index contributed by atoms with van der Waals surface area (Å²) in [5.74, 6) is -3.71. The molecule has 8 unspecified atom stereocenters. The number of aliphatic hydroxyl groups is 2. The van der Waals surface area contributed by atoms with Gasteiger partial charge < -0.3 is 29.2 Å². The summed E-state index contributed by atoms with van der Waals surface area (Å²) >= 11 is 0. The molecule has 194 valence electrons. The lowest BCUT2D eigenvalue weighted by molar-refractivity contribution is -0.357. The van der Waals surface area contributed by atoms with E-state index in [1.165, 1.54) is 0 Å². The van der Waals surface area contributed by atoms with Crippen molar-refractivity contribution in [2.45, 2.75) is 101 Å². The first kappa shape index (κ1) is 24.5. The molecule has 7 rings (SSSR count). The minimum absolute atomic E-state index is 0.187. The highest BCUT2D eigenvalue weighted by Crippen LogP contribution is 2.87. The summed E-state index contributed by atoms with van der Waals surface area (Å²) in [5, 5.41) is 24.3. The zero-order valence-corrected chi connectivity index (χ0v) is 21.7. The molecule has 36 heavy (non-hydrogen) atoms. The Morgan fingerprint density at radius 3 is 2.53 bits per heavy atom. The summed E-state index contributed by atoms with van der Waals surface area (Å²) < 4.78 is 27.0. The molecule has 6 bridgehead atoms. The Balaban J connectivity index is 1.61. The molecule has 7 nitrogen and oxygen atoms in total. The van der Waals surface area contributed by atoms with Crippen molar-refractivity contribution in [3.05, 3.63) is 60.2 Å². The van der Waals surface area contributed by atoms with E-state index in [4.69, 9.17) is 18.9 Å². The van der Waals surface area contributed by atoms with Gasteiger partial charge in [-0.2, -0.15) is 0 Å². The Hall–Kier alpha value is -1.87. The number of allylic oxidation sites excluding steroid dienone is 2. The standard InChI is InChI=1S/C29H36O7/c1-7-14-26-25(32,15-13-18(2)3)20-16-27(36-26,33-17-19-11-9-8-10-12-19)24(6)21(30)22(31)28(20)29(24,26)35-23(4,5)34-28/h7-12,14,20-21,30,32H,2,13,15-17H2,1,3-6H3/b14-7+. The zero-order valence-electron chi connectivity index (χ0n) is 21.7. The van der Waals surface area contributed by atoms with Gasteiger partial charge in [0.25, 0.3) is 0 Å². The van der Waals surface area contributed by atoms with Crippen LogP contribution in [0.15, 0.2) is 54.6 Å². The molecule has 6 fully saturated rings. The smallest absolute Gasteiger partial charge is 0.197 e. The van der Waals surface area contributed by atoms with Crippen molar-refractivity contribution in [2.75, 3.05) is 0 Å². The normalized spacial score (nSPS) is 49.4. The number of aliphatic hydroxyl groups excluding tert-OH is 1. The first-order valence-electron chi connectivity index (χ1n) is 12.8. The number of hydrogen-bond donors (Lipinski definition) is 2. The molecule has 0 amide bonds. The lowest BCUT2D eigenvalue weighted by Crippen LogP contribution is -2.68. The monoisotopic (exact) mass is 496 g/mol. The molecule has 3 saturated heterocycles. The van der Waals surface area contributed by atoms with Gasteiger partial charge in [0.2, 0.25) is 0 Å². The fourth-order valence-corrected chi connectivity index (χ4v) is 8.57. The van der Waals surface area contributed by atoms with Gasteiger partial charge in [-0.15, -0.1) is 6.58 Å². The number of Topliss-reactive ketones (excluding diaryl/α,β-unsaturated/α-hetero) is 1. The average Bonchev–Trinajstić information content (AvgIpc) is 3.25. The highest BCUT2D eigenvalue weighted by Gasteiger charge is 3.07. The van der Waals surface area contributed by atoms with Gasteiger partial charge in [-0.3, -0.25) is 4.79 Å². The molecule has 6 aliphatic rings. The predicted octanol–water partition coefficient (Wildman–Crippen LogP) is 3.58. The van der Waals surface area contributed by atoms with E-state index in [2.05, 4.69) is 6.58 Å². The summed E-state index contributed by atoms with van der Waals surface area (Å²) in [6, 6.07) is 9.71. The van der Waals surface area contributed by atoms with Gasteiger partial charge in [-0.1, -0.05) is 48.1 Å². The topological polar surface area (TPSA) is 94.5 Å². The lowest BCUT2D eigenvalue weighted by Gasteiger charge is -2.53. The second-order valence-corrected chi connectivity index (χ2v) is 12.0. The third kappa shape index (κ3) is 2.23. The molecule has 0 aromatic heterocycles. The van der Waals surface area contributed by atoms with Crippen molar-refractivity contribution in [3.8, 4) is 0 Å². The van der Waals surface area contributed by atoms with Crippen LogP contribution < -0.4 is 0 Å². The van der Waals surface area contributed by atoms with Crippen molar-refractivity contribution in [2.24, 2.45) is 11.3 Å². The summed E-state index contributed by atoms with van der Waals surface area (Å²) in [6.45, 7) is 13.4. The summed E-state index contributed by atoms with van der Waals surface area (Å²) in [7, 11) is 0. The number of benzene rings is 1. The highest BCUT2D eigenvalue weighted by molar-refractivity contribution is 6.01. The highest BCUT2D eigenvalue weighted by atomic mass is 16.8. The quantitative estimate of drug-likeness (QED) is 0.558. The zero-order chi connectivity index (χ0) is 26.0. The summed E-state index contributed by atoms with van der Waals surface area (Å²) in [6.07, 6.45) is 3.20. The molecule has 1 aromatic carbocycles. The number of carbonyl (C=O) groups is 1. The van der Waals surface area contributed by atoms with E-state index in [0.29, 0.717) is 12.8 Å². The summed E-state index contributed by atoms with van der Waals surface area (Å²) in [4.78, 5) is 14.2. The van der Waals surface area contributed by atoms with Gasteiger partial charge in [0.1, 0.15) is 11.7 Å². The van der Waals surface area contributed by atoms with Crippen molar-refractivity contribution in [3.63, 3.8) is 0 Å². The van der Waals surface area contributed by atoms with E-state index in [0.717, 1.165) is 11.1 Å². The van der Waals surface area contributed by atoms with Gasteiger partial charge in [-0.05, 0) is 53.0 Å². The van der Waals surface area contributed by atoms with Gasteiger partial charge in [-0.25, -0.2) is 0 Å². The van der Waals surface area contributed by atoms with Gasteiger partial charge in [0.05, 0.1) is 12.0 Å². The van der Waals surface area contributed by atoms with Crippen LogP contribution in [0.2, 0.25) is 0 Å². The van der Waals surface area contributed by atoms with Crippen LogP contribution in [0.5, 0.6) is 0 Å². The number of carbonyl (C=O) groups excluding carboxylic acids is 1. The van der Waals surface area contributed by atoms with E-state index in [1.54, 1.807) is 26.8 Å². The molecule has 3 heterocycles. The molecule has 2 N–H and O–H groups in total. The fourth-order valence-electron chi connectivity index (χ4n) is 8.57. The van der Waals surface area contributed by atoms with Crippen LogP contribution in [0, 0.1) is 11.3 Å². The van der Waals surface area contributed by atoms with E-state index in [-0.39, 0.29) is 13.0 Å². The third-order valence-electron chi connectivity index (χ3n) is 9.69. The number of rotatable bonds is 7. The molecular weight excluding hydrogens is 460 g/mol. The van der Waals surface area contributed by atoms with Crippen molar-refractivity contribution in [1.29, 1.82) is 0 Å². The van der Waals surface area contributed by atoms with Crippen LogP contribution in [0.4, 0.5) is 0 Å². The number of ketones is 1. The van der Waals surface area contributed by atoms with Crippen molar-refractivity contribution < 1.29 is 34.0 Å². The van der Waals surface area contributed by atoms with Crippen molar-refractivity contribution in [1.82, 2.24) is 0 Å². The second-order valence-electron chi connectivity index (χ2n) is 12.0. The first-order valence-corrected chi connectivity index (χ1v) is 12.8. The van der Waals surface area contributed by atoms with Gasteiger partial charge in [0, 0.05) is 12.3 Å². The Morgan fingerprint density at radius 1 is 1.19 bits per heavy atom. The lowest BCUT2D eigenvalue weighted by atomic mass is 9.59. The Bertz CT molecular complexity index is 1180. The molecule has 8 atom stereocenters. The largest absolute Gasteiger partial charge is 0.386 e. The first-order chi connectivity index (χ1) is 16.8. The van der Waals surface area contributed by atoms with Crippen molar-refractivity contribution >= 4 is 5.78 Å². The molecular formula is C29H36O7. The van der Waals surface area contributed by atoms with Crippen LogP contribution in [0.25, 0.3) is 0 Å². The fraction of sp³-hybridized carbons (Fsp3) is 0.621. The Labute approximate surface area is 212 Å². The van der Waals surface area contributed by atoms with Crippen LogP contribution >= 0.6 is 0 Å². The van der Waals surface area contributed by atoms with Gasteiger partial charge in [0.15, 0.2) is 34.2 Å². The van der Waals surface area contributed by atoms with E-state index >= 15 is 0 Å². The van der Waals surface area contributed by atoms with E-state index in [9.17, 15) is 15.0 Å². The number of ether oxygens (including phenoxy) is 4. The van der Waals surface area contributed by atoms with E-state index < -0.39 is 57.2 Å². The minimum atomic E-state index is -1.58. The molecule has 3 saturated carbocycles. The summed E-state index contributed by atoms with van der Waals surface area (Å²) in [5.41, 5.74) is -5.57. The van der Waals surface area contributed by atoms with Crippen LogP contribution in [-0.4, -0.2) is 56.1 Å². The molecule has 3 aliphatic heterocycles. The van der Waals surface area contributed by atoms with Crippen LogP contribution in [-0.2, 0) is 30.3 Å². The molecule has 0 radical (unpaired) electrons.